The van der Waals surface area contributed by atoms with Gasteiger partial charge in [0.05, 0.1) is 0 Å². The standard InChI is InChI=1S/C12H19N3OS/c1-17-11-6-4-5-10(9-11)14-8-3-2-7-12(13)15-16/h4-6,9,14,16H,2-3,7-8H2,1H3,(H2,13,15). The van der Waals surface area contributed by atoms with E-state index in [-0.39, 0.29) is 0 Å². The predicted octanol–water partition coefficient (Wildman–Crippen LogP) is 2.74. The van der Waals surface area contributed by atoms with E-state index >= 15 is 0 Å². The van der Waals surface area contributed by atoms with Crippen LogP contribution in [0.3, 0.4) is 0 Å². The summed E-state index contributed by atoms with van der Waals surface area (Å²) in [5.41, 5.74) is 6.52. The average molecular weight is 253 g/mol. The van der Waals surface area contributed by atoms with Gasteiger partial charge in [0.1, 0.15) is 5.84 Å². The Labute approximate surface area is 106 Å². The average Bonchev–Trinajstić information content (AvgIpc) is 2.38. The van der Waals surface area contributed by atoms with Crippen LogP contribution in [0.25, 0.3) is 0 Å². The lowest BCUT2D eigenvalue weighted by Gasteiger charge is -2.07. The summed E-state index contributed by atoms with van der Waals surface area (Å²) in [5, 5.41) is 14.7. The quantitative estimate of drug-likeness (QED) is 0.174. The number of amidine groups is 1. The van der Waals surface area contributed by atoms with Crippen molar-refractivity contribution in [3.05, 3.63) is 24.3 Å². The molecule has 0 spiro atoms. The number of nitrogens with zero attached hydrogens (tertiary/aromatic N) is 1. The van der Waals surface area contributed by atoms with Crippen molar-refractivity contribution in [1.29, 1.82) is 0 Å². The van der Waals surface area contributed by atoms with Crippen LogP contribution in [0, 0.1) is 0 Å². The summed E-state index contributed by atoms with van der Waals surface area (Å²) in [7, 11) is 0. The molecule has 1 aromatic carbocycles. The molecule has 17 heavy (non-hydrogen) atoms. The van der Waals surface area contributed by atoms with Gasteiger partial charge in [0.15, 0.2) is 0 Å². The molecule has 1 rings (SSSR count). The molecule has 4 nitrogen and oxygen atoms in total. The zero-order valence-corrected chi connectivity index (χ0v) is 10.8. The van der Waals surface area contributed by atoms with Gasteiger partial charge in [0, 0.05) is 23.5 Å². The summed E-state index contributed by atoms with van der Waals surface area (Å²) < 4.78 is 0. The van der Waals surface area contributed by atoms with E-state index in [1.807, 2.05) is 6.07 Å². The number of thioether (sulfide) groups is 1. The van der Waals surface area contributed by atoms with Gasteiger partial charge >= 0.3 is 0 Å². The zero-order chi connectivity index (χ0) is 12.5. The van der Waals surface area contributed by atoms with Gasteiger partial charge < -0.3 is 16.3 Å². The van der Waals surface area contributed by atoms with E-state index in [2.05, 4.69) is 34.9 Å². The minimum absolute atomic E-state index is 0.300. The van der Waals surface area contributed by atoms with E-state index in [1.165, 1.54) is 4.90 Å². The zero-order valence-electron chi connectivity index (χ0n) is 10.0. The minimum atomic E-state index is 0.300. The highest BCUT2D eigenvalue weighted by Gasteiger charge is 1.96. The lowest BCUT2D eigenvalue weighted by atomic mass is 10.2. The smallest absolute Gasteiger partial charge is 0.139 e. The number of nitrogens with one attached hydrogen (secondary N) is 1. The summed E-state index contributed by atoms with van der Waals surface area (Å²) in [4.78, 5) is 1.26. The van der Waals surface area contributed by atoms with E-state index in [1.54, 1.807) is 11.8 Å². The van der Waals surface area contributed by atoms with E-state index in [9.17, 15) is 0 Å². The molecule has 0 fully saturated rings. The molecule has 5 heteroatoms. The van der Waals surface area contributed by atoms with Gasteiger partial charge in [-0.15, -0.1) is 11.8 Å². The Bertz CT molecular complexity index is 369. The van der Waals surface area contributed by atoms with Crippen molar-refractivity contribution in [2.45, 2.75) is 24.2 Å². The van der Waals surface area contributed by atoms with Crippen LogP contribution in [0.4, 0.5) is 5.69 Å². The maximum absolute atomic E-state index is 8.37. The van der Waals surface area contributed by atoms with Crippen molar-refractivity contribution in [3.8, 4) is 0 Å². The first-order valence-corrected chi connectivity index (χ1v) is 6.83. The molecule has 4 N–H and O–H groups in total. The third-order valence-corrected chi connectivity index (χ3v) is 3.11. The second kappa shape index (κ2) is 7.84. The number of nitrogens with two attached hydrogens (primary N) is 1. The fourth-order valence-electron chi connectivity index (χ4n) is 1.45. The number of oxime groups is 1. The Morgan fingerprint density at radius 2 is 2.29 bits per heavy atom. The summed E-state index contributed by atoms with van der Waals surface area (Å²) in [6.45, 7) is 0.899. The monoisotopic (exact) mass is 253 g/mol. The molecule has 1 aromatic rings. The van der Waals surface area contributed by atoms with E-state index in [0.29, 0.717) is 12.3 Å². The Morgan fingerprint density at radius 1 is 1.47 bits per heavy atom. The van der Waals surface area contributed by atoms with Crippen LogP contribution < -0.4 is 11.1 Å². The van der Waals surface area contributed by atoms with Crippen LogP contribution >= 0.6 is 11.8 Å². The van der Waals surface area contributed by atoms with Crippen molar-refractivity contribution in [1.82, 2.24) is 0 Å². The molecule has 0 aromatic heterocycles. The molecular weight excluding hydrogens is 234 g/mol. The second-order valence-electron chi connectivity index (χ2n) is 3.71. The largest absolute Gasteiger partial charge is 0.409 e. The Balaban J connectivity index is 2.22. The molecule has 0 radical (unpaired) electrons. The van der Waals surface area contributed by atoms with Gasteiger partial charge in [-0.1, -0.05) is 11.2 Å². The Kier molecular flexibility index (Phi) is 6.32. The molecule has 0 atom stereocenters. The Hall–Kier alpha value is -1.36. The predicted molar refractivity (Wildman–Crippen MR) is 74.0 cm³/mol. The number of hydrogen-bond donors (Lipinski definition) is 3. The molecule has 0 bridgehead atoms. The lowest BCUT2D eigenvalue weighted by molar-refractivity contribution is 0.316. The van der Waals surface area contributed by atoms with E-state index in [0.717, 1.165) is 25.1 Å². The normalized spacial score (nSPS) is 11.5. The fraction of sp³-hybridized carbons (Fsp3) is 0.417. The van der Waals surface area contributed by atoms with Crippen LogP contribution in [0.1, 0.15) is 19.3 Å². The topological polar surface area (TPSA) is 70.6 Å². The number of hydrogen-bond acceptors (Lipinski definition) is 4. The first-order chi connectivity index (χ1) is 8.26. The highest BCUT2D eigenvalue weighted by molar-refractivity contribution is 7.98. The maximum atomic E-state index is 8.37. The van der Waals surface area contributed by atoms with Crippen molar-refractivity contribution in [2.75, 3.05) is 18.1 Å². The van der Waals surface area contributed by atoms with E-state index in [4.69, 9.17) is 10.9 Å². The van der Waals surface area contributed by atoms with E-state index < -0.39 is 0 Å². The molecule has 0 aliphatic heterocycles. The summed E-state index contributed by atoms with van der Waals surface area (Å²) in [5.74, 6) is 0.300. The van der Waals surface area contributed by atoms with Gasteiger partial charge in [-0.25, -0.2) is 0 Å². The van der Waals surface area contributed by atoms with Crippen LogP contribution in [-0.4, -0.2) is 23.8 Å². The van der Waals surface area contributed by atoms with Crippen molar-refractivity contribution in [2.24, 2.45) is 10.9 Å². The lowest BCUT2D eigenvalue weighted by Crippen LogP contribution is -2.11. The first kappa shape index (κ1) is 13.7. The van der Waals surface area contributed by atoms with Crippen molar-refractivity contribution >= 4 is 23.3 Å². The van der Waals surface area contributed by atoms with Crippen molar-refractivity contribution in [3.63, 3.8) is 0 Å². The van der Waals surface area contributed by atoms with Gasteiger partial charge in [0.25, 0.3) is 0 Å². The SMILES string of the molecule is CSc1cccc(NCCCCC(N)=NO)c1. The fourth-order valence-corrected chi connectivity index (χ4v) is 1.91. The van der Waals surface area contributed by atoms with Crippen LogP contribution in [0.5, 0.6) is 0 Å². The first-order valence-electron chi connectivity index (χ1n) is 5.60. The third-order valence-electron chi connectivity index (χ3n) is 2.39. The second-order valence-corrected chi connectivity index (χ2v) is 4.59. The van der Waals surface area contributed by atoms with Crippen molar-refractivity contribution < 1.29 is 5.21 Å². The van der Waals surface area contributed by atoms with Gasteiger partial charge in [0.2, 0.25) is 0 Å². The highest BCUT2D eigenvalue weighted by Crippen LogP contribution is 2.18. The molecular formula is C12H19N3OS. The van der Waals surface area contributed by atoms with Crippen LogP contribution in [0.2, 0.25) is 0 Å². The number of rotatable bonds is 7. The molecule has 0 aliphatic carbocycles. The molecule has 0 amide bonds. The summed E-state index contributed by atoms with van der Waals surface area (Å²) >= 11 is 1.73. The van der Waals surface area contributed by atoms with Crippen LogP contribution in [-0.2, 0) is 0 Å². The maximum Gasteiger partial charge on any atom is 0.139 e. The third kappa shape index (κ3) is 5.49. The summed E-state index contributed by atoms with van der Waals surface area (Å²) in [6, 6.07) is 8.33. The van der Waals surface area contributed by atoms with Gasteiger partial charge in [-0.05, 0) is 37.3 Å². The van der Waals surface area contributed by atoms with Crippen LogP contribution in [0.15, 0.2) is 34.3 Å². The highest BCUT2D eigenvalue weighted by atomic mass is 32.2. The molecule has 0 unspecified atom stereocenters. The molecule has 94 valence electrons. The Morgan fingerprint density at radius 3 is 3.00 bits per heavy atom. The minimum Gasteiger partial charge on any atom is -0.409 e. The van der Waals surface area contributed by atoms with Gasteiger partial charge in [-0.2, -0.15) is 0 Å². The number of anilines is 1. The number of benzene rings is 1. The molecule has 0 saturated carbocycles. The molecule has 0 saturated heterocycles. The van der Waals surface area contributed by atoms with Gasteiger partial charge in [-0.3, -0.25) is 0 Å². The molecule has 0 aliphatic rings. The molecule has 0 heterocycles. The summed E-state index contributed by atoms with van der Waals surface area (Å²) in [6.07, 6.45) is 4.63. The number of unbranched alkanes of at least 4 members (excludes halogenated alkanes) is 1.